The Morgan fingerprint density at radius 2 is 1.88 bits per heavy atom. The zero-order chi connectivity index (χ0) is 23.6. The third-order valence-electron chi connectivity index (χ3n) is 5.87. The molecule has 1 aromatic heterocycles. The van der Waals surface area contributed by atoms with Crippen molar-refractivity contribution in [1.82, 2.24) is 9.47 Å². The third kappa shape index (κ3) is 5.23. The van der Waals surface area contributed by atoms with E-state index in [0.717, 1.165) is 22.6 Å². The van der Waals surface area contributed by atoms with Gasteiger partial charge in [-0.1, -0.05) is 32.0 Å². The van der Waals surface area contributed by atoms with E-state index in [1.807, 2.05) is 63.5 Å². The van der Waals surface area contributed by atoms with Crippen LogP contribution < -0.4 is 0 Å². The summed E-state index contributed by atoms with van der Waals surface area (Å²) in [7, 11) is -3.13. The van der Waals surface area contributed by atoms with Crippen LogP contribution in [0.5, 0.6) is 0 Å². The smallest absolute Gasteiger partial charge is 0.340 e. The fraction of sp³-hybridized carbons (Fsp3) is 0.500. The molecule has 174 valence electrons. The maximum absolute atomic E-state index is 12.9. The van der Waals surface area contributed by atoms with Crippen LogP contribution in [0.25, 0.3) is 5.69 Å². The van der Waals surface area contributed by atoms with Gasteiger partial charge in [0, 0.05) is 29.7 Å². The molecule has 7 nitrogen and oxygen atoms in total. The van der Waals surface area contributed by atoms with E-state index in [0.29, 0.717) is 18.5 Å². The van der Waals surface area contributed by atoms with Crippen LogP contribution in [0.2, 0.25) is 0 Å². The molecular weight excluding hydrogens is 428 g/mol. The van der Waals surface area contributed by atoms with Crippen molar-refractivity contribution in [3.05, 3.63) is 52.8 Å². The molecule has 1 aliphatic heterocycles. The van der Waals surface area contributed by atoms with E-state index in [1.165, 1.54) is 0 Å². The number of benzene rings is 1. The Kier molecular flexibility index (Phi) is 7.12. The lowest BCUT2D eigenvalue weighted by molar-refractivity contribution is -0.137. The SMILES string of the molecule is Cc1ccccc1-n1c(C)cc(C(=O)OCC(=O)N(CC(C)C)[C@H]2CCS(=O)(=O)C2)c1C. The number of carbonyl (C=O) groups excluding carboxylic acids is 2. The fourth-order valence-electron chi connectivity index (χ4n) is 4.31. The summed E-state index contributed by atoms with van der Waals surface area (Å²) >= 11 is 0. The first-order valence-corrected chi connectivity index (χ1v) is 12.7. The summed E-state index contributed by atoms with van der Waals surface area (Å²) in [5.74, 6) is -0.691. The quantitative estimate of drug-likeness (QED) is 0.592. The van der Waals surface area contributed by atoms with Crippen molar-refractivity contribution < 1.29 is 22.7 Å². The van der Waals surface area contributed by atoms with Crippen LogP contribution in [0, 0.1) is 26.7 Å². The van der Waals surface area contributed by atoms with Crippen molar-refractivity contribution in [3.8, 4) is 5.69 Å². The molecular formula is C24H32N2O5S. The van der Waals surface area contributed by atoms with E-state index in [1.54, 1.807) is 11.0 Å². The Hall–Kier alpha value is -2.61. The molecule has 1 atom stereocenters. The minimum Gasteiger partial charge on any atom is -0.452 e. The first kappa shape index (κ1) is 24.0. The molecule has 2 aromatic rings. The summed E-state index contributed by atoms with van der Waals surface area (Å²) in [5.41, 5.74) is 4.13. The van der Waals surface area contributed by atoms with Crippen molar-refractivity contribution in [2.24, 2.45) is 5.92 Å². The second kappa shape index (κ2) is 9.48. The van der Waals surface area contributed by atoms with Gasteiger partial charge in [0.05, 0.1) is 17.1 Å². The van der Waals surface area contributed by atoms with Crippen LogP contribution >= 0.6 is 0 Å². The maximum atomic E-state index is 12.9. The van der Waals surface area contributed by atoms with Crippen LogP contribution in [0.15, 0.2) is 30.3 Å². The summed E-state index contributed by atoms with van der Waals surface area (Å²) in [6.45, 7) is 9.75. The first-order chi connectivity index (χ1) is 15.0. The number of hydrogen-bond acceptors (Lipinski definition) is 5. The topological polar surface area (TPSA) is 85.7 Å². The minimum atomic E-state index is -3.13. The van der Waals surface area contributed by atoms with Crippen LogP contribution in [0.3, 0.4) is 0 Å². The molecule has 0 radical (unpaired) electrons. The number of ether oxygens (including phenoxy) is 1. The van der Waals surface area contributed by atoms with Crippen molar-refractivity contribution >= 4 is 21.7 Å². The Bertz CT molecular complexity index is 1120. The van der Waals surface area contributed by atoms with Crippen molar-refractivity contribution in [1.29, 1.82) is 0 Å². The molecule has 0 spiro atoms. The molecule has 1 amide bonds. The van der Waals surface area contributed by atoms with Gasteiger partial charge in [0.1, 0.15) is 0 Å². The Labute approximate surface area is 190 Å². The van der Waals surface area contributed by atoms with Gasteiger partial charge in [-0.25, -0.2) is 13.2 Å². The second-order valence-electron chi connectivity index (χ2n) is 8.98. The standard InChI is InChI=1S/C24H32N2O5S/c1-16(2)13-25(20-10-11-32(29,30)15-20)23(27)14-31-24(28)21-12-18(4)26(19(21)5)22-9-7-6-8-17(22)3/h6-9,12,16,20H,10-11,13-15H2,1-5H3/t20-/m0/s1. The number of para-hydroxylation sites is 1. The normalized spacial score (nSPS) is 17.5. The minimum absolute atomic E-state index is 0.0308. The van der Waals surface area contributed by atoms with Crippen molar-refractivity contribution in [3.63, 3.8) is 0 Å². The summed E-state index contributed by atoms with van der Waals surface area (Å²) in [5, 5.41) is 0. The lowest BCUT2D eigenvalue weighted by Gasteiger charge is -2.29. The van der Waals surface area contributed by atoms with E-state index in [-0.39, 0.29) is 29.4 Å². The Morgan fingerprint density at radius 3 is 2.47 bits per heavy atom. The molecule has 8 heteroatoms. The molecule has 1 aliphatic rings. The van der Waals surface area contributed by atoms with E-state index in [9.17, 15) is 18.0 Å². The van der Waals surface area contributed by atoms with Crippen molar-refractivity contribution in [2.75, 3.05) is 24.7 Å². The summed E-state index contributed by atoms with van der Waals surface area (Å²) in [4.78, 5) is 27.3. The molecule has 0 N–H and O–H groups in total. The summed E-state index contributed by atoms with van der Waals surface area (Å²) in [6.07, 6.45) is 0.423. The van der Waals surface area contributed by atoms with Gasteiger partial charge in [-0.2, -0.15) is 0 Å². The van der Waals surface area contributed by atoms with Gasteiger partial charge in [0.25, 0.3) is 5.91 Å². The predicted octanol–water partition coefficient (Wildman–Crippen LogP) is 3.23. The molecule has 2 heterocycles. The van der Waals surface area contributed by atoms with Crippen molar-refractivity contribution in [2.45, 2.75) is 47.1 Å². The molecule has 0 bridgehead atoms. The van der Waals surface area contributed by atoms with E-state index >= 15 is 0 Å². The largest absolute Gasteiger partial charge is 0.452 e. The molecule has 1 aromatic carbocycles. The number of nitrogens with zero attached hydrogens (tertiary/aromatic N) is 2. The number of esters is 1. The second-order valence-corrected chi connectivity index (χ2v) is 11.2. The lowest BCUT2D eigenvalue weighted by Crippen LogP contribution is -2.45. The van der Waals surface area contributed by atoms with Gasteiger partial charge in [0.2, 0.25) is 0 Å². The highest BCUT2D eigenvalue weighted by Gasteiger charge is 2.35. The lowest BCUT2D eigenvalue weighted by atomic mass is 10.1. The highest BCUT2D eigenvalue weighted by Crippen LogP contribution is 2.24. The summed E-state index contributed by atoms with van der Waals surface area (Å²) in [6, 6.07) is 9.32. The van der Waals surface area contributed by atoms with Crippen LogP contribution in [0.4, 0.5) is 0 Å². The molecule has 1 fully saturated rings. The maximum Gasteiger partial charge on any atom is 0.340 e. The van der Waals surface area contributed by atoms with E-state index in [4.69, 9.17) is 4.74 Å². The van der Waals surface area contributed by atoms with Crippen LogP contribution in [0.1, 0.15) is 47.6 Å². The Morgan fingerprint density at radius 1 is 1.19 bits per heavy atom. The molecule has 0 aliphatic carbocycles. The van der Waals surface area contributed by atoms with Gasteiger partial charge in [-0.3, -0.25) is 4.79 Å². The predicted molar refractivity (Wildman–Crippen MR) is 124 cm³/mol. The van der Waals surface area contributed by atoms with Gasteiger partial charge >= 0.3 is 5.97 Å². The third-order valence-corrected chi connectivity index (χ3v) is 7.62. The van der Waals surface area contributed by atoms with Crippen LogP contribution in [-0.2, 0) is 19.4 Å². The highest BCUT2D eigenvalue weighted by molar-refractivity contribution is 7.91. The monoisotopic (exact) mass is 460 g/mol. The van der Waals surface area contributed by atoms with E-state index < -0.39 is 22.4 Å². The zero-order valence-corrected chi connectivity index (χ0v) is 20.2. The van der Waals surface area contributed by atoms with Crippen LogP contribution in [-0.4, -0.2) is 60.5 Å². The number of aromatic nitrogens is 1. The van der Waals surface area contributed by atoms with E-state index in [2.05, 4.69) is 0 Å². The summed E-state index contributed by atoms with van der Waals surface area (Å²) < 4.78 is 31.2. The van der Waals surface area contributed by atoms with Gasteiger partial charge in [-0.05, 0) is 50.8 Å². The molecule has 32 heavy (non-hydrogen) atoms. The first-order valence-electron chi connectivity index (χ1n) is 10.9. The molecule has 1 saturated heterocycles. The molecule has 3 rings (SSSR count). The highest BCUT2D eigenvalue weighted by atomic mass is 32.2. The number of hydrogen-bond donors (Lipinski definition) is 0. The number of aryl methyl sites for hydroxylation is 2. The average molecular weight is 461 g/mol. The number of amides is 1. The number of sulfone groups is 1. The number of carbonyl (C=O) groups is 2. The molecule has 0 unspecified atom stereocenters. The Balaban J connectivity index is 1.74. The average Bonchev–Trinajstić information content (AvgIpc) is 3.22. The van der Waals surface area contributed by atoms with Gasteiger partial charge in [-0.15, -0.1) is 0 Å². The van der Waals surface area contributed by atoms with Gasteiger partial charge < -0.3 is 14.2 Å². The molecule has 0 saturated carbocycles. The fourth-order valence-corrected chi connectivity index (χ4v) is 6.04. The zero-order valence-electron chi connectivity index (χ0n) is 19.4. The number of rotatable bonds is 7. The van der Waals surface area contributed by atoms with Gasteiger partial charge in [0.15, 0.2) is 16.4 Å².